The first-order chi connectivity index (χ1) is 13.3. The lowest BCUT2D eigenvalue weighted by molar-refractivity contribution is -0.124. The molecule has 6 nitrogen and oxygen atoms in total. The van der Waals surface area contributed by atoms with Crippen LogP contribution in [0.5, 0.6) is 0 Å². The standard InChI is InChI=1S/C21H24ClN3O3/c1-13(2)11-18(23-20(27)17-10-5-4-7-14(17)3)21(28)25-24-19(26)15-8-6-9-16(22)12-15/h4-10,12-13,18H,11H2,1-3H3,(H,23,27)(H,24,26)(H,25,28)/t18-/m1/s1. The Labute approximate surface area is 169 Å². The van der Waals surface area contributed by atoms with E-state index in [1.165, 1.54) is 6.07 Å². The van der Waals surface area contributed by atoms with Gasteiger partial charge in [-0.3, -0.25) is 25.2 Å². The monoisotopic (exact) mass is 401 g/mol. The van der Waals surface area contributed by atoms with Gasteiger partial charge in [-0.2, -0.15) is 0 Å². The Morgan fingerprint density at radius 2 is 1.68 bits per heavy atom. The van der Waals surface area contributed by atoms with Crippen molar-refractivity contribution in [3.8, 4) is 0 Å². The third kappa shape index (κ3) is 6.09. The highest BCUT2D eigenvalue weighted by atomic mass is 35.5. The Morgan fingerprint density at radius 1 is 0.964 bits per heavy atom. The maximum Gasteiger partial charge on any atom is 0.269 e. The summed E-state index contributed by atoms with van der Waals surface area (Å²) in [6, 6.07) is 12.7. The molecule has 0 spiro atoms. The number of nitrogens with one attached hydrogen (secondary N) is 3. The summed E-state index contributed by atoms with van der Waals surface area (Å²) in [5, 5.41) is 3.17. The lowest BCUT2D eigenvalue weighted by Gasteiger charge is -2.21. The van der Waals surface area contributed by atoms with E-state index < -0.39 is 17.9 Å². The molecule has 28 heavy (non-hydrogen) atoms. The van der Waals surface area contributed by atoms with Crippen LogP contribution in [-0.4, -0.2) is 23.8 Å². The largest absolute Gasteiger partial charge is 0.340 e. The van der Waals surface area contributed by atoms with E-state index in [-0.39, 0.29) is 11.8 Å². The number of hydrogen-bond donors (Lipinski definition) is 3. The molecule has 0 saturated heterocycles. The lowest BCUT2D eigenvalue weighted by Crippen LogP contribution is -2.52. The molecule has 0 fully saturated rings. The molecule has 148 valence electrons. The van der Waals surface area contributed by atoms with Gasteiger partial charge in [0, 0.05) is 16.1 Å². The van der Waals surface area contributed by atoms with Crippen LogP contribution in [0.15, 0.2) is 48.5 Å². The van der Waals surface area contributed by atoms with Gasteiger partial charge in [0.1, 0.15) is 6.04 Å². The first kappa shape index (κ1) is 21.4. The Kier molecular flexibility index (Phi) is 7.58. The fourth-order valence-electron chi connectivity index (χ4n) is 2.67. The van der Waals surface area contributed by atoms with E-state index in [0.717, 1.165) is 5.56 Å². The number of halogens is 1. The molecule has 2 rings (SSSR count). The van der Waals surface area contributed by atoms with Crippen molar-refractivity contribution in [2.75, 3.05) is 0 Å². The Hall–Kier alpha value is -2.86. The van der Waals surface area contributed by atoms with Gasteiger partial charge in [0.05, 0.1) is 0 Å². The number of carbonyl (C=O) groups is 3. The van der Waals surface area contributed by atoms with Gasteiger partial charge in [0.2, 0.25) is 0 Å². The van der Waals surface area contributed by atoms with E-state index in [0.29, 0.717) is 22.6 Å². The predicted octanol–water partition coefficient (Wildman–Crippen LogP) is 3.25. The minimum absolute atomic E-state index is 0.163. The second-order valence-electron chi connectivity index (χ2n) is 6.92. The van der Waals surface area contributed by atoms with E-state index in [4.69, 9.17) is 11.6 Å². The SMILES string of the molecule is Cc1ccccc1C(=O)N[C@H](CC(C)C)C(=O)NNC(=O)c1cccc(Cl)c1. The van der Waals surface area contributed by atoms with Crippen molar-refractivity contribution in [1.82, 2.24) is 16.2 Å². The molecule has 0 aliphatic heterocycles. The fourth-order valence-corrected chi connectivity index (χ4v) is 2.86. The lowest BCUT2D eigenvalue weighted by atomic mass is 10.0. The second kappa shape index (κ2) is 9.90. The molecular weight excluding hydrogens is 378 g/mol. The fraction of sp³-hybridized carbons (Fsp3) is 0.286. The third-order valence-electron chi connectivity index (χ3n) is 4.10. The van der Waals surface area contributed by atoms with Gasteiger partial charge < -0.3 is 5.32 Å². The highest BCUT2D eigenvalue weighted by molar-refractivity contribution is 6.30. The van der Waals surface area contributed by atoms with Crippen molar-refractivity contribution in [3.05, 3.63) is 70.2 Å². The van der Waals surface area contributed by atoms with Crippen molar-refractivity contribution in [3.63, 3.8) is 0 Å². The van der Waals surface area contributed by atoms with Crippen LogP contribution in [0, 0.1) is 12.8 Å². The molecule has 7 heteroatoms. The van der Waals surface area contributed by atoms with Crippen LogP contribution >= 0.6 is 11.6 Å². The molecule has 3 N–H and O–H groups in total. The maximum absolute atomic E-state index is 12.6. The highest BCUT2D eigenvalue weighted by Crippen LogP contribution is 2.11. The number of benzene rings is 2. The molecule has 0 heterocycles. The molecule has 0 bridgehead atoms. The number of hydrazine groups is 1. The molecule has 3 amide bonds. The van der Waals surface area contributed by atoms with Crippen molar-refractivity contribution in [1.29, 1.82) is 0 Å². The van der Waals surface area contributed by atoms with E-state index in [2.05, 4.69) is 16.2 Å². The van der Waals surface area contributed by atoms with E-state index in [1.807, 2.05) is 32.9 Å². The van der Waals surface area contributed by atoms with Crippen molar-refractivity contribution < 1.29 is 14.4 Å². The van der Waals surface area contributed by atoms with Gasteiger partial charge in [0.25, 0.3) is 17.7 Å². The van der Waals surface area contributed by atoms with Gasteiger partial charge in [-0.25, -0.2) is 0 Å². The minimum atomic E-state index is -0.785. The van der Waals surface area contributed by atoms with Crippen LogP contribution < -0.4 is 16.2 Å². The van der Waals surface area contributed by atoms with E-state index >= 15 is 0 Å². The van der Waals surface area contributed by atoms with Gasteiger partial charge in [0.15, 0.2) is 0 Å². The molecule has 2 aromatic carbocycles. The number of aryl methyl sites for hydroxylation is 1. The number of hydrogen-bond acceptors (Lipinski definition) is 3. The summed E-state index contributed by atoms with van der Waals surface area (Å²) < 4.78 is 0. The zero-order chi connectivity index (χ0) is 20.7. The number of carbonyl (C=O) groups excluding carboxylic acids is 3. The van der Waals surface area contributed by atoms with Crippen molar-refractivity contribution in [2.24, 2.45) is 5.92 Å². The summed E-state index contributed by atoms with van der Waals surface area (Å²) >= 11 is 5.87. The summed E-state index contributed by atoms with van der Waals surface area (Å²) in [6.07, 6.45) is 0.427. The van der Waals surface area contributed by atoms with Crippen molar-refractivity contribution in [2.45, 2.75) is 33.2 Å². The summed E-state index contributed by atoms with van der Waals surface area (Å²) in [4.78, 5) is 37.3. The summed E-state index contributed by atoms with van der Waals surface area (Å²) in [7, 11) is 0. The number of amides is 3. The summed E-state index contributed by atoms with van der Waals surface area (Å²) in [6.45, 7) is 5.73. The molecule has 0 aromatic heterocycles. The van der Waals surface area contributed by atoms with Crippen LogP contribution in [0.1, 0.15) is 46.5 Å². The zero-order valence-corrected chi connectivity index (χ0v) is 16.8. The average Bonchev–Trinajstić information content (AvgIpc) is 2.65. The smallest absolute Gasteiger partial charge is 0.269 e. The van der Waals surface area contributed by atoms with Crippen molar-refractivity contribution >= 4 is 29.3 Å². The van der Waals surface area contributed by atoms with Crippen LogP contribution in [-0.2, 0) is 4.79 Å². The van der Waals surface area contributed by atoms with Gasteiger partial charge in [-0.05, 0) is 49.1 Å². The van der Waals surface area contributed by atoms with Crippen LogP contribution in [0.25, 0.3) is 0 Å². The molecule has 0 aliphatic carbocycles. The van der Waals surface area contributed by atoms with Crippen LogP contribution in [0.3, 0.4) is 0 Å². The Morgan fingerprint density at radius 3 is 2.32 bits per heavy atom. The Bertz CT molecular complexity index is 867. The van der Waals surface area contributed by atoms with Gasteiger partial charge in [-0.1, -0.05) is 49.7 Å². The normalized spacial score (nSPS) is 11.6. The minimum Gasteiger partial charge on any atom is -0.340 e. The molecule has 0 aliphatic rings. The summed E-state index contributed by atoms with van der Waals surface area (Å²) in [5.41, 5.74) is 6.38. The Balaban J connectivity index is 2.03. The van der Waals surface area contributed by atoms with Gasteiger partial charge >= 0.3 is 0 Å². The molecule has 0 saturated carbocycles. The van der Waals surface area contributed by atoms with Crippen LogP contribution in [0.4, 0.5) is 0 Å². The molecule has 0 radical (unpaired) electrons. The molecule has 0 unspecified atom stereocenters. The topological polar surface area (TPSA) is 87.3 Å². The molecule has 2 aromatic rings. The third-order valence-corrected chi connectivity index (χ3v) is 4.34. The zero-order valence-electron chi connectivity index (χ0n) is 16.1. The van der Waals surface area contributed by atoms with Crippen LogP contribution in [0.2, 0.25) is 5.02 Å². The average molecular weight is 402 g/mol. The first-order valence-corrected chi connectivity index (χ1v) is 9.38. The quantitative estimate of drug-likeness (QED) is 0.649. The maximum atomic E-state index is 12.6. The molecule has 1 atom stereocenters. The summed E-state index contributed by atoms with van der Waals surface area (Å²) in [5.74, 6) is -1.16. The van der Waals surface area contributed by atoms with Gasteiger partial charge in [-0.15, -0.1) is 0 Å². The van der Waals surface area contributed by atoms with E-state index in [1.54, 1.807) is 30.3 Å². The van der Waals surface area contributed by atoms with E-state index in [9.17, 15) is 14.4 Å². The number of rotatable bonds is 6. The highest BCUT2D eigenvalue weighted by Gasteiger charge is 2.23. The predicted molar refractivity (Wildman–Crippen MR) is 109 cm³/mol. The second-order valence-corrected chi connectivity index (χ2v) is 7.36. The first-order valence-electron chi connectivity index (χ1n) is 9.00. The molecular formula is C21H24ClN3O3.